The number of ether oxygens (including phenoxy) is 2. The van der Waals surface area contributed by atoms with Crippen molar-refractivity contribution in [2.75, 3.05) is 47.4 Å². The summed E-state index contributed by atoms with van der Waals surface area (Å²) < 4.78 is 14.2. The molecule has 5 heterocycles. The monoisotopic (exact) mass is 1010 g/mol. The maximum absolute atomic E-state index is 14.8. The summed E-state index contributed by atoms with van der Waals surface area (Å²) in [5.74, 6) is -2.72. The molecule has 2 aromatic heterocycles. The van der Waals surface area contributed by atoms with E-state index in [9.17, 15) is 34.2 Å². The lowest BCUT2D eigenvalue weighted by atomic mass is 9.84. The Labute approximate surface area is 433 Å². The van der Waals surface area contributed by atoms with Gasteiger partial charge in [-0.15, -0.1) is 0 Å². The molecule has 17 nitrogen and oxygen atoms in total. The lowest BCUT2D eigenvalue weighted by molar-refractivity contribution is -0.155. The Bertz CT molecular complexity index is 2920. The number of benzene rings is 3. The number of cyclic esters (lactones) is 1. The number of nitrogens with one attached hydrogen (secondary N) is 2. The standard InChI is InChI=1S/C57H72N8O9/c1-10-64-47-20-19-37-27-43(47)44(52(64)42-17-13-21-58-50(42)35(4)73-9)28-57(5,6)33-74-56(72)45-18-14-22-65(60-45)54(70)46(25-36-23-40(37)26-41(67)24-36)59-53(69)51(34(2)3)62(8)49(68)31-61(7)55(71)48-30-63(48)29-38-15-11-12-16-39(38)32-66/h11-13,15-17,19-21,23-24,26-27,34-35,45-46,48,51,60,66-67H,10,14,18,22,25,28-33H2,1-9H3,(H,59,69)/t35-,45-,46-,48+,51?,63?/m0/s1. The summed E-state index contributed by atoms with van der Waals surface area (Å²) in [5, 5.41) is 26.5. The molecule has 17 heteroatoms. The highest BCUT2D eigenvalue weighted by molar-refractivity contribution is 5.96. The molecule has 3 aliphatic rings. The van der Waals surface area contributed by atoms with E-state index in [1.165, 1.54) is 21.9 Å². The summed E-state index contributed by atoms with van der Waals surface area (Å²) in [6.45, 7) is 13.4. The molecule has 0 saturated carbocycles. The number of pyridine rings is 1. The zero-order valence-electron chi connectivity index (χ0n) is 44.2. The smallest absolute Gasteiger partial charge is 0.324 e. The Kier molecular flexibility index (Phi) is 16.3. The van der Waals surface area contributed by atoms with Crippen LogP contribution in [-0.4, -0.2) is 141 Å². The maximum atomic E-state index is 14.8. The van der Waals surface area contributed by atoms with Crippen LogP contribution < -0.4 is 10.7 Å². The first-order valence-electron chi connectivity index (χ1n) is 25.8. The van der Waals surface area contributed by atoms with Crippen LogP contribution in [0.3, 0.4) is 0 Å². The predicted molar refractivity (Wildman–Crippen MR) is 281 cm³/mol. The summed E-state index contributed by atoms with van der Waals surface area (Å²) in [6.07, 6.45) is 2.87. The van der Waals surface area contributed by atoms with Gasteiger partial charge in [-0.05, 0) is 109 Å². The minimum Gasteiger partial charge on any atom is -0.508 e. The minimum atomic E-state index is -1.21. The van der Waals surface area contributed by atoms with E-state index >= 15 is 0 Å². The van der Waals surface area contributed by atoms with Gasteiger partial charge in [0, 0.05) is 81.9 Å². The number of hydrazine groups is 1. The molecule has 4 N–H and O–H groups in total. The Hall–Kier alpha value is -6.66. The number of carbonyl (C=O) groups excluding carboxylic acids is 5. The number of aromatic hydroxyl groups is 1. The topological polar surface area (TPSA) is 199 Å². The number of hydrogen-bond acceptors (Lipinski definition) is 12. The number of aromatic nitrogens is 2. The predicted octanol–water partition coefficient (Wildman–Crippen LogP) is 5.77. The summed E-state index contributed by atoms with van der Waals surface area (Å²) >= 11 is 0. The number of rotatable bonds is 14. The number of carbonyl (C=O) groups is 5. The van der Waals surface area contributed by atoms with Gasteiger partial charge in [0.1, 0.15) is 29.9 Å². The van der Waals surface area contributed by atoms with Crippen LogP contribution in [0.1, 0.15) is 88.4 Å². The molecule has 3 aromatic carbocycles. The van der Waals surface area contributed by atoms with Crippen molar-refractivity contribution in [3.8, 4) is 28.1 Å². The first-order valence-corrected chi connectivity index (χ1v) is 25.8. The molecule has 74 heavy (non-hydrogen) atoms. The molecule has 3 aliphatic heterocycles. The van der Waals surface area contributed by atoms with Gasteiger partial charge in [-0.2, -0.15) is 0 Å². The lowest BCUT2D eigenvalue weighted by Crippen LogP contribution is -2.62. The van der Waals surface area contributed by atoms with Crippen LogP contribution in [0.4, 0.5) is 0 Å². The van der Waals surface area contributed by atoms with Crippen molar-refractivity contribution in [1.29, 1.82) is 0 Å². The van der Waals surface area contributed by atoms with Crippen molar-refractivity contribution in [2.24, 2.45) is 11.3 Å². The molecule has 8 rings (SSSR count). The fraction of sp³-hybridized carbons (Fsp3) is 0.474. The Balaban J connectivity index is 1.10. The molecular weight excluding hydrogens is 941 g/mol. The van der Waals surface area contributed by atoms with Crippen molar-refractivity contribution in [2.45, 2.75) is 117 Å². The first-order chi connectivity index (χ1) is 35.3. The van der Waals surface area contributed by atoms with Crippen LogP contribution in [0.15, 0.2) is 79.0 Å². The molecule has 2 unspecified atom stereocenters. The number of esters is 1. The van der Waals surface area contributed by atoms with Gasteiger partial charge >= 0.3 is 5.97 Å². The quantitative estimate of drug-likeness (QED) is 0.0776. The number of amides is 4. The van der Waals surface area contributed by atoms with Crippen LogP contribution in [-0.2, 0) is 66.0 Å². The van der Waals surface area contributed by atoms with E-state index in [1.807, 2.05) is 68.1 Å². The van der Waals surface area contributed by atoms with Gasteiger partial charge in [0.2, 0.25) is 17.7 Å². The van der Waals surface area contributed by atoms with Gasteiger partial charge in [-0.25, -0.2) is 5.43 Å². The summed E-state index contributed by atoms with van der Waals surface area (Å²) in [4.78, 5) is 80.5. The average molecular weight is 1010 g/mol. The number of nitrogens with zero attached hydrogens (tertiary/aromatic N) is 6. The van der Waals surface area contributed by atoms with Crippen LogP contribution in [0, 0.1) is 11.3 Å². The van der Waals surface area contributed by atoms with E-state index in [0.717, 1.165) is 50.1 Å². The molecule has 2 saturated heterocycles. The molecule has 4 amide bonds. The Morgan fingerprint density at radius 2 is 1.76 bits per heavy atom. The van der Waals surface area contributed by atoms with E-state index in [4.69, 9.17) is 14.5 Å². The van der Waals surface area contributed by atoms with Crippen molar-refractivity contribution < 1.29 is 43.7 Å². The summed E-state index contributed by atoms with van der Waals surface area (Å²) in [6, 6.07) is 19.4. The largest absolute Gasteiger partial charge is 0.508 e. The van der Waals surface area contributed by atoms with Gasteiger partial charge in [0.15, 0.2) is 0 Å². The molecule has 394 valence electrons. The van der Waals surface area contributed by atoms with Crippen molar-refractivity contribution >= 4 is 40.5 Å². The van der Waals surface area contributed by atoms with Crippen LogP contribution in [0.5, 0.6) is 5.75 Å². The molecule has 2 fully saturated rings. The summed E-state index contributed by atoms with van der Waals surface area (Å²) in [5.41, 5.74) is 11.1. The Morgan fingerprint density at radius 3 is 2.47 bits per heavy atom. The van der Waals surface area contributed by atoms with Crippen LogP contribution in [0.25, 0.3) is 33.3 Å². The number of fused-ring (bicyclic) bond motifs is 6. The van der Waals surface area contributed by atoms with Crippen molar-refractivity contribution in [3.05, 3.63) is 107 Å². The minimum absolute atomic E-state index is 0.0292. The van der Waals surface area contributed by atoms with Crippen LogP contribution in [0.2, 0.25) is 0 Å². The van der Waals surface area contributed by atoms with E-state index in [2.05, 4.69) is 54.3 Å². The van der Waals surface area contributed by atoms with Gasteiger partial charge in [0.05, 0.1) is 37.3 Å². The maximum Gasteiger partial charge on any atom is 0.324 e. The molecular formula is C57H72N8O9. The third kappa shape index (κ3) is 11.5. The molecule has 6 atom stereocenters. The second kappa shape index (κ2) is 22.4. The molecule has 0 aliphatic carbocycles. The van der Waals surface area contributed by atoms with Crippen LogP contribution >= 0.6 is 0 Å². The summed E-state index contributed by atoms with van der Waals surface area (Å²) in [7, 11) is 4.75. The third-order valence-electron chi connectivity index (χ3n) is 14.8. The number of phenolic OH excluding ortho intramolecular Hbond substituents is 1. The fourth-order valence-corrected chi connectivity index (χ4v) is 10.7. The van der Waals surface area contributed by atoms with Gasteiger partial charge in [-0.1, -0.05) is 64.1 Å². The number of phenols is 1. The fourth-order valence-electron chi connectivity index (χ4n) is 10.7. The zero-order valence-corrected chi connectivity index (χ0v) is 44.2. The van der Waals surface area contributed by atoms with E-state index in [0.29, 0.717) is 50.0 Å². The van der Waals surface area contributed by atoms with Gasteiger partial charge in [-0.3, -0.25) is 38.9 Å². The number of aliphatic hydroxyl groups is 1. The van der Waals surface area contributed by atoms with Crippen molar-refractivity contribution in [3.63, 3.8) is 0 Å². The van der Waals surface area contributed by atoms with Gasteiger partial charge < -0.3 is 39.4 Å². The number of aliphatic hydroxyl groups excluding tert-OH is 1. The lowest BCUT2D eigenvalue weighted by Gasteiger charge is -2.37. The van der Waals surface area contributed by atoms with Gasteiger partial charge in [0.25, 0.3) is 5.91 Å². The Morgan fingerprint density at radius 1 is 1.00 bits per heavy atom. The highest BCUT2D eigenvalue weighted by atomic mass is 16.5. The molecule has 5 aromatic rings. The molecule has 0 radical (unpaired) electrons. The second-order valence-corrected chi connectivity index (χ2v) is 21.3. The SMILES string of the molecule is CCn1c(-c2cccnc2[C@H](C)OC)c2c3cc(ccc31)-c1cc(O)cc(c1)C[C@H](NC(=O)C(C(C)C)N(C)C(=O)CN(C)C(=O)[C@H]1CN1Cc1ccccc1CO)C(=O)N1CCC[C@H](N1)C(=O)OCC(C)(C)C2. The molecule has 6 bridgehead atoms. The van der Waals surface area contributed by atoms with E-state index < -0.39 is 59.2 Å². The number of aryl methyl sites for hydroxylation is 1. The number of methoxy groups -OCH3 is 1. The van der Waals surface area contributed by atoms with E-state index in [1.54, 1.807) is 32.5 Å². The highest BCUT2D eigenvalue weighted by Gasteiger charge is 2.43. The first kappa shape index (κ1) is 53.6. The highest BCUT2D eigenvalue weighted by Crippen LogP contribution is 2.42. The second-order valence-electron chi connectivity index (χ2n) is 21.3. The molecule has 0 spiro atoms. The average Bonchev–Trinajstić information content (AvgIpc) is 4.09. The number of hydrogen-bond donors (Lipinski definition) is 4. The number of likely N-dealkylation sites (N-methyl/N-ethyl adjacent to an activating group) is 2. The third-order valence-corrected chi connectivity index (χ3v) is 14.8. The zero-order chi connectivity index (χ0) is 53.2. The van der Waals surface area contributed by atoms with Crippen molar-refractivity contribution in [1.82, 2.24) is 40.0 Å². The normalized spacial score (nSPS) is 20.6. The van der Waals surface area contributed by atoms with E-state index in [-0.39, 0.29) is 50.5 Å².